The van der Waals surface area contributed by atoms with Crippen molar-refractivity contribution in [1.29, 1.82) is 0 Å². The van der Waals surface area contributed by atoms with Crippen molar-refractivity contribution in [2.24, 2.45) is 0 Å². The molecule has 2 atom stereocenters. The zero-order chi connectivity index (χ0) is 27.1. The van der Waals surface area contributed by atoms with Crippen molar-refractivity contribution in [3.63, 3.8) is 0 Å². The number of hydrogen-bond acceptors (Lipinski definition) is 5. The quantitative estimate of drug-likeness (QED) is 0.328. The van der Waals surface area contributed by atoms with Crippen molar-refractivity contribution < 1.29 is 27.8 Å². The molecule has 2 N–H and O–H groups in total. The molecule has 2 aromatic carbocycles. The Bertz CT molecular complexity index is 1480. The van der Waals surface area contributed by atoms with Gasteiger partial charge in [-0.1, -0.05) is 41.4 Å². The average Bonchev–Trinajstić information content (AvgIpc) is 3.35. The zero-order valence-electron chi connectivity index (χ0n) is 19.0. The first-order valence-electron chi connectivity index (χ1n) is 10.8. The molecule has 37 heavy (non-hydrogen) atoms. The molecule has 0 aliphatic carbocycles. The molecule has 0 saturated heterocycles. The van der Waals surface area contributed by atoms with Gasteiger partial charge in [-0.2, -0.15) is 13.2 Å². The van der Waals surface area contributed by atoms with Crippen LogP contribution < -0.4 is 5.69 Å². The number of hydrogen-bond donors (Lipinski definition) is 2. The normalized spacial score (nSPS) is 13.6. The summed E-state index contributed by atoms with van der Waals surface area (Å²) in [5.74, 6) is -0.569. The molecular weight excluding hydrogens is 541 g/mol. The van der Waals surface area contributed by atoms with Crippen LogP contribution in [0.15, 0.2) is 53.3 Å². The van der Waals surface area contributed by atoms with Gasteiger partial charge >= 0.3 is 11.9 Å². The number of nitrogens with zero attached hydrogens (tertiary/aromatic N) is 5. The number of aliphatic hydroxyl groups excluding tert-OH is 2. The van der Waals surface area contributed by atoms with Crippen molar-refractivity contribution in [2.75, 3.05) is 0 Å². The summed E-state index contributed by atoms with van der Waals surface area (Å²) in [7, 11) is 0. The Labute approximate surface area is 216 Å². The third-order valence-electron chi connectivity index (χ3n) is 5.43. The summed E-state index contributed by atoms with van der Waals surface area (Å²) < 4.78 is 56.2. The lowest BCUT2D eigenvalue weighted by Crippen LogP contribution is -2.37. The fourth-order valence-electron chi connectivity index (χ4n) is 3.63. The van der Waals surface area contributed by atoms with Crippen molar-refractivity contribution in [1.82, 2.24) is 23.9 Å². The summed E-state index contributed by atoms with van der Waals surface area (Å²) in [6, 6.07) is 11.2. The fourth-order valence-corrected chi connectivity index (χ4v) is 4.10. The van der Waals surface area contributed by atoms with E-state index in [1.165, 1.54) is 54.1 Å². The van der Waals surface area contributed by atoms with Crippen LogP contribution in [-0.4, -0.2) is 46.4 Å². The Morgan fingerprint density at radius 2 is 1.73 bits per heavy atom. The molecule has 0 unspecified atom stereocenters. The van der Waals surface area contributed by atoms with Gasteiger partial charge in [0.2, 0.25) is 0 Å². The first kappa shape index (κ1) is 26.9. The minimum Gasteiger partial charge on any atom is -0.385 e. The molecule has 14 heteroatoms. The summed E-state index contributed by atoms with van der Waals surface area (Å²) in [5, 5.41) is 24.0. The second-order valence-electron chi connectivity index (χ2n) is 8.14. The van der Waals surface area contributed by atoms with Gasteiger partial charge in [-0.3, -0.25) is 9.13 Å². The molecule has 0 spiro atoms. The lowest BCUT2D eigenvalue weighted by atomic mass is 10.1. The Morgan fingerprint density at radius 1 is 1.05 bits per heavy atom. The predicted molar refractivity (Wildman–Crippen MR) is 127 cm³/mol. The summed E-state index contributed by atoms with van der Waals surface area (Å²) in [5.41, 5.74) is -0.552. The van der Waals surface area contributed by atoms with Crippen molar-refractivity contribution in [3.05, 3.63) is 86.7 Å². The third-order valence-corrected chi connectivity index (χ3v) is 6.07. The molecule has 0 bridgehead atoms. The van der Waals surface area contributed by atoms with Crippen LogP contribution in [0.1, 0.15) is 24.7 Å². The van der Waals surface area contributed by atoms with E-state index < -0.39 is 43.0 Å². The molecule has 2 heterocycles. The second kappa shape index (κ2) is 10.3. The topological polar surface area (TPSA) is 98.1 Å². The van der Waals surface area contributed by atoms with Crippen LogP contribution in [0.25, 0.3) is 16.9 Å². The Morgan fingerprint density at radius 3 is 2.32 bits per heavy atom. The minimum atomic E-state index is -4.99. The van der Waals surface area contributed by atoms with E-state index in [4.69, 9.17) is 23.2 Å². The third kappa shape index (κ3) is 5.57. The monoisotopic (exact) mass is 559 g/mol. The molecule has 0 aliphatic rings. The Kier molecular flexibility index (Phi) is 7.47. The van der Waals surface area contributed by atoms with Gasteiger partial charge in [0.15, 0.2) is 17.8 Å². The van der Waals surface area contributed by atoms with Crippen molar-refractivity contribution in [2.45, 2.75) is 38.4 Å². The average molecular weight is 560 g/mol. The van der Waals surface area contributed by atoms with E-state index in [-0.39, 0.29) is 33.7 Å². The first-order chi connectivity index (χ1) is 17.4. The smallest absolute Gasteiger partial charge is 0.385 e. The van der Waals surface area contributed by atoms with Crippen LogP contribution >= 0.6 is 23.2 Å². The molecule has 4 rings (SSSR count). The molecule has 0 fully saturated rings. The minimum absolute atomic E-state index is 0.0340. The summed E-state index contributed by atoms with van der Waals surface area (Å²) >= 11 is 12.4. The summed E-state index contributed by atoms with van der Waals surface area (Å²) in [6.45, 7) is -0.117. The maximum atomic E-state index is 13.9. The predicted octanol–water partition coefficient (Wildman–Crippen LogP) is 4.37. The van der Waals surface area contributed by atoms with Crippen LogP contribution in [0.4, 0.5) is 17.6 Å². The van der Waals surface area contributed by atoms with Gasteiger partial charge in [0, 0.05) is 10.6 Å². The number of rotatable bonds is 7. The van der Waals surface area contributed by atoms with Crippen LogP contribution in [0.3, 0.4) is 0 Å². The Hall–Kier alpha value is -3.19. The lowest BCUT2D eigenvalue weighted by molar-refractivity contribution is -0.207. The molecule has 8 nitrogen and oxygen atoms in total. The first-order valence-corrected chi connectivity index (χ1v) is 11.5. The molecule has 196 valence electrons. The van der Waals surface area contributed by atoms with E-state index in [9.17, 15) is 32.6 Å². The second-order valence-corrected chi connectivity index (χ2v) is 8.93. The number of aromatic nitrogens is 5. The van der Waals surface area contributed by atoms with E-state index in [1.807, 2.05) is 0 Å². The zero-order valence-corrected chi connectivity index (χ0v) is 20.5. The van der Waals surface area contributed by atoms with Crippen LogP contribution in [0, 0.1) is 5.82 Å². The number of halogens is 6. The molecule has 0 saturated carbocycles. The summed E-state index contributed by atoms with van der Waals surface area (Å²) in [6.07, 6.45) is -8.95. The van der Waals surface area contributed by atoms with Gasteiger partial charge in [0.1, 0.15) is 17.1 Å². The number of benzene rings is 2. The highest BCUT2D eigenvalue weighted by Gasteiger charge is 2.39. The van der Waals surface area contributed by atoms with E-state index in [2.05, 4.69) is 10.1 Å². The Balaban J connectivity index is 1.87. The van der Waals surface area contributed by atoms with Gasteiger partial charge < -0.3 is 10.2 Å². The van der Waals surface area contributed by atoms with E-state index >= 15 is 0 Å². The van der Waals surface area contributed by atoms with Gasteiger partial charge in [-0.25, -0.2) is 18.9 Å². The SMILES string of the molecule is C[C@H](O)c1nc(Cn2c(Cl)c(-c3ccc(Cl)cc3)n(C[C@H](O)C(F)(F)F)c2=O)n(-c2cccc(F)c2)n1. The highest BCUT2D eigenvalue weighted by molar-refractivity contribution is 6.32. The van der Waals surface area contributed by atoms with Crippen LogP contribution in [0.5, 0.6) is 0 Å². The highest BCUT2D eigenvalue weighted by atomic mass is 35.5. The molecular formula is C23H19Cl2F4N5O3. The van der Waals surface area contributed by atoms with Gasteiger partial charge in [0.25, 0.3) is 0 Å². The number of aliphatic hydroxyl groups is 2. The largest absolute Gasteiger partial charge is 0.416 e. The van der Waals surface area contributed by atoms with E-state index in [0.29, 0.717) is 9.59 Å². The van der Waals surface area contributed by atoms with Crippen molar-refractivity contribution >= 4 is 23.2 Å². The van der Waals surface area contributed by atoms with Crippen LogP contribution in [-0.2, 0) is 13.1 Å². The highest BCUT2D eigenvalue weighted by Crippen LogP contribution is 2.31. The molecule has 0 radical (unpaired) electrons. The van der Waals surface area contributed by atoms with E-state index in [1.54, 1.807) is 0 Å². The van der Waals surface area contributed by atoms with Gasteiger partial charge in [0.05, 0.1) is 24.5 Å². The van der Waals surface area contributed by atoms with E-state index in [0.717, 1.165) is 10.6 Å². The van der Waals surface area contributed by atoms with Crippen molar-refractivity contribution in [3.8, 4) is 16.9 Å². The van der Waals surface area contributed by atoms with Crippen LogP contribution in [0.2, 0.25) is 10.2 Å². The lowest BCUT2D eigenvalue weighted by Gasteiger charge is -2.16. The number of imidazole rings is 1. The standard InChI is InChI=1S/C23H19Cl2F4N5O3/c1-12(35)21-30-18(34(31-21)16-4-2-3-15(26)9-16)11-33-20(25)19(13-5-7-14(24)8-6-13)32(22(33)37)10-17(36)23(27,28)29/h2-9,12,17,35-36H,10-11H2,1H3/t12-,17-/m0/s1. The molecule has 2 aromatic heterocycles. The molecule has 4 aromatic rings. The molecule has 0 amide bonds. The van der Waals surface area contributed by atoms with Gasteiger partial charge in [-0.05, 0) is 37.3 Å². The maximum absolute atomic E-state index is 13.9. The number of alkyl halides is 3. The van der Waals surface area contributed by atoms with Gasteiger partial charge in [-0.15, -0.1) is 5.10 Å². The summed E-state index contributed by atoms with van der Waals surface area (Å²) in [4.78, 5) is 17.6. The fraction of sp³-hybridized carbons (Fsp3) is 0.261. The molecule has 0 aliphatic heterocycles. The maximum Gasteiger partial charge on any atom is 0.416 e.